The zero-order chi connectivity index (χ0) is 14.8. The van der Waals surface area contributed by atoms with Gasteiger partial charge in [-0.05, 0) is 18.1 Å². The van der Waals surface area contributed by atoms with E-state index in [2.05, 4.69) is 18.7 Å². The Morgan fingerprint density at radius 1 is 1.25 bits per heavy atom. The summed E-state index contributed by atoms with van der Waals surface area (Å²) in [5.74, 6) is 0.600. The number of aliphatic hydroxyl groups is 1. The predicted octanol–water partition coefficient (Wildman–Crippen LogP) is 1.20. The molecular formula is C13H22N2O3S2. The molecule has 0 aromatic carbocycles. The molecule has 1 fully saturated rings. The van der Waals surface area contributed by atoms with Crippen molar-refractivity contribution in [2.45, 2.75) is 24.7 Å². The maximum atomic E-state index is 12.5. The molecule has 20 heavy (non-hydrogen) atoms. The second kappa shape index (κ2) is 6.53. The average Bonchev–Trinajstić information content (AvgIpc) is 2.88. The van der Waals surface area contributed by atoms with Crippen molar-refractivity contribution in [3.63, 3.8) is 0 Å². The third-order valence-electron chi connectivity index (χ3n) is 3.34. The summed E-state index contributed by atoms with van der Waals surface area (Å²) >= 11 is 1.15. The van der Waals surface area contributed by atoms with E-state index in [1.807, 2.05) is 0 Å². The van der Waals surface area contributed by atoms with Crippen LogP contribution in [0, 0.1) is 5.92 Å². The fourth-order valence-electron chi connectivity index (χ4n) is 2.38. The number of hydrogen-bond donors (Lipinski definition) is 1. The van der Waals surface area contributed by atoms with Crippen LogP contribution in [0.25, 0.3) is 0 Å². The Labute approximate surface area is 124 Å². The lowest BCUT2D eigenvalue weighted by Crippen LogP contribution is -2.49. The molecule has 1 aliphatic rings. The predicted molar refractivity (Wildman–Crippen MR) is 80.3 cm³/mol. The lowest BCUT2D eigenvalue weighted by molar-refractivity contribution is 0.172. The van der Waals surface area contributed by atoms with Crippen molar-refractivity contribution in [2.24, 2.45) is 5.92 Å². The molecule has 1 aliphatic heterocycles. The van der Waals surface area contributed by atoms with Crippen molar-refractivity contribution >= 4 is 21.4 Å². The van der Waals surface area contributed by atoms with E-state index in [1.165, 1.54) is 0 Å². The molecular weight excluding hydrogens is 296 g/mol. The SMILES string of the molecule is CC(C)CN1CCN(S(=O)(=O)c2ccc(CO)s2)CC1. The molecule has 1 N–H and O–H groups in total. The van der Waals surface area contributed by atoms with Gasteiger partial charge in [0.25, 0.3) is 10.0 Å². The quantitative estimate of drug-likeness (QED) is 0.886. The van der Waals surface area contributed by atoms with Gasteiger partial charge in [0.1, 0.15) is 4.21 Å². The van der Waals surface area contributed by atoms with Crippen LogP contribution >= 0.6 is 11.3 Å². The Balaban J connectivity index is 2.02. The van der Waals surface area contributed by atoms with Gasteiger partial charge in [0, 0.05) is 37.6 Å². The van der Waals surface area contributed by atoms with E-state index in [0.717, 1.165) is 31.0 Å². The molecule has 1 aromatic heterocycles. The highest BCUT2D eigenvalue weighted by Gasteiger charge is 2.29. The van der Waals surface area contributed by atoms with Crippen LogP contribution in [0.4, 0.5) is 0 Å². The van der Waals surface area contributed by atoms with Crippen molar-refractivity contribution in [1.82, 2.24) is 9.21 Å². The molecule has 1 aromatic rings. The number of piperazine rings is 1. The molecule has 2 rings (SSSR count). The number of hydrogen-bond acceptors (Lipinski definition) is 5. The standard InChI is InChI=1S/C13H22N2O3S2/c1-11(2)9-14-5-7-15(8-6-14)20(17,18)13-4-3-12(10-16)19-13/h3-4,11,16H,5-10H2,1-2H3. The highest BCUT2D eigenvalue weighted by molar-refractivity contribution is 7.91. The van der Waals surface area contributed by atoms with Crippen molar-refractivity contribution in [1.29, 1.82) is 0 Å². The molecule has 1 saturated heterocycles. The Kier molecular flexibility index (Phi) is 5.19. The average molecular weight is 318 g/mol. The van der Waals surface area contributed by atoms with Crippen molar-refractivity contribution in [3.05, 3.63) is 17.0 Å². The molecule has 0 unspecified atom stereocenters. The minimum Gasteiger partial charge on any atom is -0.391 e. The molecule has 0 aliphatic carbocycles. The molecule has 7 heteroatoms. The summed E-state index contributed by atoms with van der Waals surface area (Å²) < 4.78 is 26.8. The van der Waals surface area contributed by atoms with Gasteiger partial charge in [0.05, 0.1) is 6.61 Å². The van der Waals surface area contributed by atoms with E-state index in [9.17, 15) is 8.42 Å². The van der Waals surface area contributed by atoms with E-state index >= 15 is 0 Å². The molecule has 2 heterocycles. The Hall–Kier alpha value is -0.470. The van der Waals surface area contributed by atoms with Crippen LogP contribution in [0.1, 0.15) is 18.7 Å². The van der Waals surface area contributed by atoms with Crippen LogP contribution < -0.4 is 0 Å². The van der Waals surface area contributed by atoms with Gasteiger partial charge in [0.15, 0.2) is 0 Å². The van der Waals surface area contributed by atoms with Crippen molar-refractivity contribution in [2.75, 3.05) is 32.7 Å². The van der Waals surface area contributed by atoms with Crippen LogP contribution in [0.3, 0.4) is 0 Å². The fourth-order valence-corrected chi connectivity index (χ4v) is 5.17. The van der Waals surface area contributed by atoms with Gasteiger partial charge in [0.2, 0.25) is 0 Å². The summed E-state index contributed by atoms with van der Waals surface area (Å²) in [5, 5.41) is 9.04. The zero-order valence-corrected chi connectivity index (χ0v) is 13.6. The van der Waals surface area contributed by atoms with Crippen LogP contribution in [0.5, 0.6) is 0 Å². The van der Waals surface area contributed by atoms with Gasteiger partial charge in [-0.15, -0.1) is 11.3 Å². The zero-order valence-electron chi connectivity index (χ0n) is 11.9. The van der Waals surface area contributed by atoms with Gasteiger partial charge >= 0.3 is 0 Å². The minimum absolute atomic E-state index is 0.109. The third kappa shape index (κ3) is 3.59. The Morgan fingerprint density at radius 2 is 1.90 bits per heavy atom. The van der Waals surface area contributed by atoms with E-state index in [1.54, 1.807) is 16.4 Å². The van der Waals surface area contributed by atoms with Crippen molar-refractivity contribution < 1.29 is 13.5 Å². The van der Waals surface area contributed by atoms with E-state index in [-0.39, 0.29) is 6.61 Å². The molecule has 114 valence electrons. The second-order valence-corrected chi connectivity index (χ2v) is 8.81. The highest BCUT2D eigenvalue weighted by Crippen LogP contribution is 2.25. The number of aliphatic hydroxyl groups excluding tert-OH is 1. The van der Waals surface area contributed by atoms with Gasteiger partial charge in [-0.2, -0.15) is 4.31 Å². The number of nitrogens with zero attached hydrogens (tertiary/aromatic N) is 2. The van der Waals surface area contributed by atoms with Crippen LogP contribution in [0.15, 0.2) is 16.3 Å². The topological polar surface area (TPSA) is 60.9 Å². The molecule has 0 atom stereocenters. The molecule has 0 spiro atoms. The largest absolute Gasteiger partial charge is 0.391 e. The summed E-state index contributed by atoms with van der Waals surface area (Å²) in [6.45, 7) is 7.91. The summed E-state index contributed by atoms with van der Waals surface area (Å²) in [6, 6.07) is 3.26. The first-order valence-electron chi connectivity index (χ1n) is 6.85. The Bertz CT molecular complexity index is 532. The first kappa shape index (κ1) is 15.9. The summed E-state index contributed by atoms with van der Waals surface area (Å²) in [7, 11) is -3.39. The van der Waals surface area contributed by atoms with Crippen molar-refractivity contribution in [3.8, 4) is 0 Å². The van der Waals surface area contributed by atoms with E-state index < -0.39 is 10.0 Å². The van der Waals surface area contributed by atoms with Gasteiger partial charge in [-0.1, -0.05) is 13.8 Å². The first-order valence-corrected chi connectivity index (χ1v) is 9.11. The minimum atomic E-state index is -3.39. The maximum absolute atomic E-state index is 12.5. The lowest BCUT2D eigenvalue weighted by atomic mass is 10.2. The first-order chi connectivity index (χ1) is 9.43. The summed E-state index contributed by atoms with van der Waals surface area (Å²) in [6.07, 6.45) is 0. The summed E-state index contributed by atoms with van der Waals surface area (Å²) in [4.78, 5) is 2.99. The third-order valence-corrected chi connectivity index (χ3v) is 6.78. The van der Waals surface area contributed by atoms with Crippen LogP contribution in [0.2, 0.25) is 0 Å². The van der Waals surface area contributed by atoms with Crippen LogP contribution in [-0.2, 0) is 16.6 Å². The number of rotatable bonds is 5. The monoisotopic (exact) mass is 318 g/mol. The Morgan fingerprint density at radius 3 is 2.40 bits per heavy atom. The number of sulfonamides is 1. The second-order valence-electron chi connectivity index (χ2n) is 5.48. The molecule has 5 nitrogen and oxygen atoms in total. The number of thiophene rings is 1. The van der Waals surface area contributed by atoms with Crippen LogP contribution in [-0.4, -0.2) is 55.5 Å². The smallest absolute Gasteiger partial charge is 0.252 e. The molecule has 0 radical (unpaired) electrons. The lowest BCUT2D eigenvalue weighted by Gasteiger charge is -2.34. The molecule has 0 saturated carbocycles. The highest BCUT2D eigenvalue weighted by atomic mass is 32.2. The normalized spacial score (nSPS) is 18.8. The van der Waals surface area contributed by atoms with E-state index in [0.29, 0.717) is 28.1 Å². The summed E-state index contributed by atoms with van der Waals surface area (Å²) in [5.41, 5.74) is 0. The van der Waals surface area contributed by atoms with E-state index in [4.69, 9.17) is 5.11 Å². The maximum Gasteiger partial charge on any atom is 0.252 e. The van der Waals surface area contributed by atoms with Gasteiger partial charge in [-0.25, -0.2) is 8.42 Å². The fraction of sp³-hybridized carbons (Fsp3) is 0.692. The van der Waals surface area contributed by atoms with Gasteiger partial charge < -0.3 is 10.0 Å². The van der Waals surface area contributed by atoms with Gasteiger partial charge in [-0.3, -0.25) is 0 Å². The molecule has 0 amide bonds. The molecule has 0 bridgehead atoms.